The fourth-order valence-corrected chi connectivity index (χ4v) is 5.73. The molecule has 1 saturated heterocycles. The van der Waals surface area contributed by atoms with Gasteiger partial charge in [-0.25, -0.2) is 0 Å². The highest BCUT2D eigenvalue weighted by Crippen LogP contribution is 2.36. The van der Waals surface area contributed by atoms with E-state index in [0.717, 1.165) is 37.3 Å². The molecule has 2 fully saturated rings. The molecule has 2 heterocycles. The van der Waals surface area contributed by atoms with Gasteiger partial charge in [-0.1, -0.05) is 32.0 Å². The number of benzene rings is 1. The van der Waals surface area contributed by atoms with Crippen molar-refractivity contribution in [1.82, 2.24) is 9.47 Å². The summed E-state index contributed by atoms with van der Waals surface area (Å²) < 4.78 is 2.59. The van der Waals surface area contributed by atoms with Gasteiger partial charge in [0, 0.05) is 42.3 Å². The Balaban J connectivity index is 0.00000160. The summed E-state index contributed by atoms with van der Waals surface area (Å²) in [7, 11) is 0. The van der Waals surface area contributed by atoms with E-state index in [1.165, 1.54) is 68.1 Å². The van der Waals surface area contributed by atoms with Gasteiger partial charge in [0.1, 0.15) is 0 Å². The lowest BCUT2D eigenvalue weighted by Crippen LogP contribution is -2.43. The molecule has 1 saturated carbocycles. The maximum Gasteiger partial charge on any atom is 0.0485 e. The number of aryl methyl sites for hydroxylation is 1. The zero-order valence-corrected chi connectivity index (χ0v) is 20.4. The Labute approximate surface area is 195 Å². The van der Waals surface area contributed by atoms with E-state index >= 15 is 0 Å². The molecule has 1 aliphatic carbocycles. The van der Waals surface area contributed by atoms with Crippen LogP contribution in [0.2, 0.25) is 0 Å². The van der Waals surface area contributed by atoms with Crippen molar-refractivity contribution in [3.8, 4) is 0 Å². The molecule has 0 atom stereocenters. The number of halogens is 2. The summed E-state index contributed by atoms with van der Waals surface area (Å²) in [5.74, 6) is 1.83. The molecule has 2 aliphatic rings. The first kappa shape index (κ1) is 25.5. The molecule has 0 radical (unpaired) electrons. The lowest BCUT2D eigenvalue weighted by Gasteiger charge is -2.42. The summed E-state index contributed by atoms with van der Waals surface area (Å²) >= 11 is 0. The highest BCUT2D eigenvalue weighted by Gasteiger charge is 2.30. The second-order valence-corrected chi connectivity index (χ2v) is 9.55. The number of para-hydroxylation sites is 1. The number of hydrogen-bond donors (Lipinski definition) is 1. The third-order valence-electron chi connectivity index (χ3n) is 7.57. The number of piperidine rings is 1. The van der Waals surface area contributed by atoms with Crippen LogP contribution in [0.3, 0.4) is 0 Å². The number of likely N-dealkylation sites (tertiary alicyclic amines) is 1. The quantitative estimate of drug-likeness (QED) is 0.562. The SMILES string of the molecule is CC(C)C1CCC(N2CCC(n3cc(CCCN)c4ccccc43)CC2)CC1.Cl.Cl. The van der Waals surface area contributed by atoms with Crippen molar-refractivity contribution in [3.05, 3.63) is 36.0 Å². The van der Waals surface area contributed by atoms with Crippen molar-refractivity contribution in [1.29, 1.82) is 0 Å². The number of hydrogen-bond acceptors (Lipinski definition) is 2. The van der Waals surface area contributed by atoms with E-state index in [-0.39, 0.29) is 24.8 Å². The molecule has 2 aromatic rings. The van der Waals surface area contributed by atoms with Gasteiger partial charge in [0.05, 0.1) is 0 Å². The van der Waals surface area contributed by atoms with Gasteiger partial charge in [-0.2, -0.15) is 0 Å². The van der Waals surface area contributed by atoms with Crippen LogP contribution in [0, 0.1) is 11.8 Å². The van der Waals surface area contributed by atoms with Crippen molar-refractivity contribution >= 4 is 35.7 Å². The molecular weight excluding hydrogens is 413 g/mol. The van der Waals surface area contributed by atoms with Gasteiger partial charge in [-0.05, 0) is 81.4 Å². The van der Waals surface area contributed by atoms with Crippen LogP contribution in [0.4, 0.5) is 0 Å². The molecule has 5 heteroatoms. The van der Waals surface area contributed by atoms with Crippen LogP contribution in [0.15, 0.2) is 30.5 Å². The maximum atomic E-state index is 5.77. The normalized spacial score (nSPS) is 23.3. The minimum absolute atomic E-state index is 0. The molecule has 0 amide bonds. The predicted octanol–water partition coefficient (Wildman–Crippen LogP) is 6.23. The molecule has 1 aromatic heterocycles. The number of nitrogens with two attached hydrogens (primary N) is 1. The standard InChI is InChI=1S/C25H39N3.2ClH/c1-19(2)20-9-11-22(12-10-20)27-16-13-23(14-17-27)28-18-21(6-5-15-26)24-7-3-4-8-25(24)28;;/h3-4,7-8,18-20,22-23H,5-6,9-17,26H2,1-2H3;2*1H. The van der Waals surface area contributed by atoms with Crippen LogP contribution in [-0.4, -0.2) is 35.1 Å². The predicted molar refractivity (Wildman–Crippen MR) is 134 cm³/mol. The lowest BCUT2D eigenvalue weighted by atomic mass is 9.79. The Morgan fingerprint density at radius 2 is 1.60 bits per heavy atom. The van der Waals surface area contributed by atoms with E-state index < -0.39 is 0 Å². The molecule has 1 aliphatic heterocycles. The highest BCUT2D eigenvalue weighted by molar-refractivity contribution is 5.85. The molecule has 2 N–H and O–H groups in total. The van der Waals surface area contributed by atoms with E-state index in [2.05, 4.69) is 53.8 Å². The lowest BCUT2D eigenvalue weighted by molar-refractivity contribution is 0.0894. The van der Waals surface area contributed by atoms with Crippen molar-refractivity contribution in [2.24, 2.45) is 17.6 Å². The van der Waals surface area contributed by atoms with Crippen LogP contribution < -0.4 is 5.73 Å². The third kappa shape index (κ3) is 5.54. The van der Waals surface area contributed by atoms with Gasteiger partial charge >= 0.3 is 0 Å². The monoisotopic (exact) mass is 453 g/mol. The van der Waals surface area contributed by atoms with Gasteiger partial charge in [-0.15, -0.1) is 24.8 Å². The summed E-state index contributed by atoms with van der Waals surface area (Å²) in [4.78, 5) is 2.81. The molecule has 0 spiro atoms. The van der Waals surface area contributed by atoms with Gasteiger partial charge in [0.15, 0.2) is 0 Å². The van der Waals surface area contributed by atoms with Crippen LogP contribution >= 0.6 is 24.8 Å². The van der Waals surface area contributed by atoms with E-state index in [1.54, 1.807) is 0 Å². The average Bonchev–Trinajstić information content (AvgIpc) is 3.11. The Morgan fingerprint density at radius 1 is 0.933 bits per heavy atom. The molecule has 3 nitrogen and oxygen atoms in total. The fourth-order valence-electron chi connectivity index (χ4n) is 5.73. The molecule has 170 valence electrons. The second-order valence-electron chi connectivity index (χ2n) is 9.55. The first-order chi connectivity index (χ1) is 13.7. The summed E-state index contributed by atoms with van der Waals surface area (Å²) in [6.45, 7) is 8.12. The summed E-state index contributed by atoms with van der Waals surface area (Å²) in [6, 6.07) is 10.5. The minimum Gasteiger partial charge on any atom is -0.344 e. The Morgan fingerprint density at radius 3 is 2.23 bits per heavy atom. The largest absolute Gasteiger partial charge is 0.344 e. The van der Waals surface area contributed by atoms with Crippen molar-refractivity contribution in [3.63, 3.8) is 0 Å². The van der Waals surface area contributed by atoms with Gasteiger partial charge in [0.2, 0.25) is 0 Å². The number of nitrogens with zero attached hydrogens (tertiary/aromatic N) is 2. The Hall–Kier alpha value is -0.740. The van der Waals surface area contributed by atoms with Crippen molar-refractivity contribution in [2.45, 2.75) is 77.3 Å². The van der Waals surface area contributed by atoms with Gasteiger partial charge in [-0.3, -0.25) is 0 Å². The van der Waals surface area contributed by atoms with E-state index in [0.29, 0.717) is 6.04 Å². The molecular formula is C25H41Cl2N3. The first-order valence-electron chi connectivity index (χ1n) is 11.7. The first-order valence-corrected chi connectivity index (χ1v) is 11.7. The topological polar surface area (TPSA) is 34.2 Å². The summed E-state index contributed by atoms with van der Waals surface area (Å²) in [5.41, 5.74) is 8.67. The number of fused-ring (bicyclic) bond motifs is 1. The van der Waals surface area contributed by atoms with Gasteiger partial charge < -0.3 is 15.2 Å². The zero-order valence-electron chi connectivity index (χ0n) is 18.8. The molecule has 4 rings (SSSR count). The maximum absolute atomic E-state index is 5.77. The van der Waals surface area contributed by atoms with E-state index in [9.17, 15) is 0 Å². The molecule has 0 bridgehead atoms. The van der Waals surface area contributed by atoms with Crippen molar-refractivity contribution < 1.29 is 0 Å². The van der Waals surface area contributed by atoms with Crippen LogP contribution in [0.25, 0.3) is 10.9 Å². The smallest absolute Gasteiger partial charge is 0.0485 e. The second kappa shape index (κ2) is 11.8. The summed E-state index contributed by atoms with van der Waals surface area (Å²) in [6.07, 6.45) is 12.9. The summed E-state index contributed by atoms with van der Waals surface area (Å²) in [5, 5.41) is 1.44. The van der Waals surface area contributed by atoms with Crippen LogP contribution in [0.5, 0.6) is 0 Å². The Kier molecular flexibility index (Phi) is 10.0. The number of rotatable bonds is 6. The van der Waals surface area contributed by atoms with Gasteiger partial charge in [0.25, 0.3) is 0 Å². The van der Waals surface area contributed by atoms with Crippen LogP contribution in [0.1, 0.15) is 70.4 Å². The zero-order chi connectivity index (χ0) is 19.5. The van der Waals surface area contributed by atoms with Crippen LogP contribution in [-0.2, 0) is 6.42 Å². The molecule has 1 aromatic carbocycles. The van der Waals surface area contributed by atoms with E-state index in [4.69, 9.17) is 5.73 Å². The molecule has 0 unspecified atom stereocenters. The Bertz CT molecular complexity index is 757. The minimum atomic E-state index is 0. The molecule has 30 heavy (non-hydrogen) atoms. The average molecular weight is 455 g/mol. The fraction of sp³-hybridized carbons (Fsp3) is 0.680. The third-order valence-corrected chi connectivity index (χ3v) is 7.57. The highest BCUT2D eigenvalue weighted by atomic mass is 35.5. The number of aromatic nitrogens is 1. The van der Waals surface area contributed by atoms with E-state index in [1.807, 2.05) is 0 Å². The van der Waals surface area contributed by atoms with Crippen molar-refractivity contribution in [2.75, 3.05) is 19.6 Å².